The van der Waals surface area contributed by atoms with E-state index in [1.165, 1.54) is 11.6 Å². The molecule has 8 heteroatoms. The number of halogens is 4. The highest BCUT2D eigenvalue weighted by Gasteiger charge is 2.33. The Balaban J connectivity index is 1.41. The lowest BCUT2D eigenvalue weighted by atomic mass is 9.95. The fraction of sp³-hybridized carbons (Fsp3) is 0.455. The van der Waals surface area contributed by atoms with Gasteiger partial charge < -0.3 is 14.8 Å². The zero-order valence-electron chi connectivity index (χ0n) is 16.5. The molecule has 0 aliphatic carbocycles. The molecule has 2 aromatic carbocycles. The summed E-state index contributed by atoms with van der Waals surface area (Å²) < 4.78 is 50.5. The van der Waals surface area contributed by atoms with Crippen LogP contribution in [0.15, 0.2) is 36.4 Å². The second kappa shape index (κ2) is 8.94. The number of alkyl halides is 3. The molecule has 0 spiro atoms. The quantitative estimate of drug-likeness (QED) is 0.640. The number of nitrogens with one attached hydrogen (secondary N) is 1. The molecular formula is C22H24ClF3N2O2. The maximum absolute atomic E-state index is 13.1. The standard InChI is InChI=1S/C22H24ClF3N2O2/c23-18-6-5-16(14-17(18)22(24,25)26)27-8-10-28-9-2-1-3-19(28)15-4-7-20-21(13-15)30-12-11-29-20/h4-7,13-14,19,27H,1-3,8-12H2. The summed E-state index contributed by atoms with van der Waals surface area (Å²) in [6.45, 7) is 3.34. The van der Waals surface area contributed by atoms with Crippen molar-refractivity contribution < 1.29 is 22.6 Å². The number of piperidine rings is 1. The van der Waals surface area contributed by atoms with Gasteiger partial charge in [-0.3, -0.25) is 4.90 Å². The summed E-state index contributed by atoms with van der Waals surface area (Å²) in [5.41, 5.74) is 0.783. The Labute approximate surface area is 178 Å². The van der Waals surface area contributed by atoms with Crippen LogP contribution in [-0.2, 0) is 6.18 Å². The van der Waals surface area contributed by atoms with Gasteiger partial charge in [0.15, 0.2) is 11.5 Å². The molecule has 0 amide bonds. The molecule has 2 heterocycles. The third-order valence-electron chi connectivity index (χ3n) is 5.56. The van der Waals surface area contributed by atoms with Gasteiger partial charge in [-0.2, -0.15) is 13.2 Å². The first-order valence-corrected chi connectivity index (χ1v) is 10.5. The molecular weight excluding hydrogens is 417 g/mol. The lowest BCUT2D eigenvalue weighted by Gasteiger charge is -2.36. The lowest BCUT2D eigenvalue weighted by molar-refractivity contribution is -0.137. The van der Waals surface area contributed by atoms with E-state index in [2.05, 4.69) is 22.3 Å². The molecule has 1 unspecified atom stereocenters. The first-order valence-electron chi connectivity index (χ1n) is 10.2. The van der Waals surface area contributed by atoms with E-state index >= 15 is 0 Å². The number of fused-ring (bicyclic) bond motifs is 1. The van der Waals surface area contributed by atoms with Gasteiger partial charge in [0, 0.05) is 24.8 Å². The van der Waals surface area contributed by atoms with Crippen molar-refractivity contribution in [2.24, 2.45) is 0 Å². The average molecular weight is 441 g/mol. The molecule has 2 aliphatic rings. The number of rotatable bonds is 5. The Bertz CT molecular complexity index is 891. The average Bonchev–Trinajstić information content (AvgIpc) is 2.74. The molecule has 1 saturated heterocycles. The first-order chi connectivity index (χ1) is 14.4. The summed E-state index contributed by atoms with van der Waals surface area (Å²) in [7, 11) is 0. The van der Waals surface area contributed by atoms with Crippen LogP contribution < -0.4 is 14.8 Å². The molecule has 4 nitrogen and oxygen atoms in total. The summed E-state index contributed by atoms with van der Waals surface area (Å²) in [6, 6.07) is 10.3. The van der Waals surface area contributed by atoms with E-state index in [4.69, 9.17) is 21.1 Å². The van der Waals surface area contributed by atoms with Crippen LogP contribution >= 0.6 is 11.6 Å². The third kappa shape index (κ3) is 4.78. The van der Waals surface area contributed by atoms with E-state index in [-0.39, 0.29) is 11.1 Å². The largest absolute Gasteiger partial charge is 0.486 e. The minimum atomic E-state index is -4.47. The first kappa shape index (κ1) is 21.1. The molecule has 2 aromatic rings. The normalized spacial score (nSPS) is 19.5. The summed E-state index contributed by atoms with van der Waals surface area (Å²) in [4.78, 5) is 2.38. The Kier molecular flexibility index (Phi) is 6.29. The molecule has 0 radical (unpaired) electrons. The smallest absolute Gasteiger partial charge is 0.417 e. The number of likely N-dealkylation sites (tertiary alicyclic amines) is 1. The summed E-state index contributed by atoms with van der Waals surface area (Å²) in [6.07, 6.45) is -1.17. The van der Waals surface area contributed by atoms with E-state index < -0.39 is 11.7 Å². The van der Waals surface area contributed by atoms with E-state index in [9.17, 15) is 13.2 Å². The molecule has 162 valence electrons. The predicted octanol–water partition coefficient (Wildman–Crippen LogP) is 5.77. The van der Waals surface area contributed by atoms with E-state index in [1.807, 2.05) is 6.07 Å². The maximum Gasteiger partial charge on any atom is 0.417 e. The zero-order chi connectivity index (χ0) is 21.1. The van der Waals surface area contributed by atoms with Crippen LogP contribution in [0.1, 0.15) is 36.4 Å². The third-order valence-corrected chi connectivity index (χ3v) is 5.89. The van der Waals surface area contributed by atoms with Crippen molar-refractivity contribution in [3.63, 3.8) is 0 Å². The highest BCUT2D eigenvalue weighted by atomic mass is 35.5. The number of ether oxygens (including phenoxy) is 2. The highest BCUT2D eigenvalue weighted by Crippen LogP contribution is 2.38. The van der Waals surface area contributed by atoms with Gasteiger partial charge in [0.05, 0.1) is 10.6 Å². The molecule has 30 heavy (non-hydrogen) atoms. The Hall–Kier alpha value is -2.12. The van der Waals surface area contributed by atoms with E-state index in [1.54, 1.807) is 6.07 Å². The van der Waals surface area contributed by atoms with Crippen LogP contribution in [-0.4, -0.2) is 37.7 Å². The molecule has 0 bridgehead atoms. The van der Waals surface area contributed by atoms with Crippen LogP contribution in [0.2, 0.25) is 5.02 Å². The van der Waals surface area contributed by atoms with Gasteiger partial charge in [-0.25, -0.2) is 0 Å². The van der Waals surface area contributed by atoms with Gasteiger partial charge in [-0.05, 0) is 55.3 Å². The van der Waals surface area contributed by atoms with E-state index in [0.29, 0.717) is 25.4 Å². The minimum absolute atomic E-state index is 0.257. The van der Waals surface area contributed by atoms with Gasteiger partial charge >= 0.3 is 6.18 Å². The van der Waals surface area contributed by atoms with Crippen molar-refractivity contribution in [3.05, 3.63) is 52.5 Å². The van der Waals surface area contributed by atoms with E-state index in [0.717, 1.165) is 49.9 Å². The van der Waals surface area contributed by atoms with Crippen LogP contribution in [0.5, 0.6) is 11.5 Å². The highest BCUT2D eigenvalue weighted by molar-refractivity contribution is 6.31. The Morgan fingerprint density at radius 2 is 1.83 bits per heavy atom. The number of hydrogen-bond acceptors (Lipinski definition) is 4. The number of benzene rings is 2. The minimum Gasteiger partial charge on any atom is -0.486 e. The van der Waals surface area contributed by atoms with Gasteiger partial charge in [-0.15, -0.1) is 0 Å². The topological polar surface area (TPSA) is 33.7 Å². The van der Waals surface area contributed by atoms with Crippen molar-refractivity contribution >= 4 is 17.3 Å². The van der Waals surface area contributed by atoms with Gasteiger partial charge in [0.1, 0.15) is 13.2 Å². The van der Waals surface area contributed by atoms with Crippen molar-refractivity contribution in [2.45, 2.75) is 31.5 Å². The van der Waals surface area contributed by atoms with Crippen LogP contribution in [0.25, 0.3) is 0 Å². The molecule has 1 atom stereocenters. The van der Waals surface area contributed by atoms with Crippen LogP contribution in [0.4, 0.5) is 18.9 Å². The molecule has 1 N–H and O–H groups in total. The Morgan fingerprint density at radius 3 is 2.63 bits per heavy atom. The number of nitrogens with zero attached hydrogens (tertiary/aromatic N) is 1. The molecule has 1 fully saturated rings. The Morgan fingerprint density at radius 1 is 1.03 bits per heavy atom. The second-order valence-electron chi connectivity index (χ2n) is 7.57. The van der Waals surface area contributed by atoms with Gasteiger partial charge in [-0.1, -0.05) is 24.1 Å². The van der Waals surface area contributed by atoms with Gasteiger partial charge in [0.2, 0.25) is 0 Å². The van der Waals surface area contributed by atoms with Crippen molar-refractivity contribution in [1.82, 2.24) is 4.90 Å². The monoisotopic (exact) mass is 440 g/mol. The van der Waals surface area contributed by atoms with Crippen molar-refractivity contribution in [2.75, 3.05) is 38.2 Å². The molecule has 2 aliphatic heterocycles. The zero-order valence-corrected chi connectivity index (χ0v) is 17.2. The number of hydrogen-bond donors (Lipinski definition) is 1. The maximum atomic E-state index is 13.1. The van der Waals surface area contributed by atoms with Crippen LogP contribution in [0.3, 0.4) is 0 Å². The summed E-state index contributed by atoms with van der Waals surface area (Å²) in [5, 5.41) is 2.82. The lowest BCUT2D eigenvalue weighted by Crippen LogP contribution is -2.36. The fourth-order valence-corrected chi connectivity index (χ4v) is 4.32. The molecule has 0 aromatic heterocycles. The summed E-state index contributed by atoms with van der Waals surface area (Å²) in [5.74, 6) is 1.56. The number of anilines is 1. The summed E-state index contributed by atoms with van der Waals surface area (Å²) >= 11 is 5.70. The SMILES string of the molecule is FC(F)(F)c1cc(NCCN2CCCCC2c2ccc3c(c2)OCCO3)ccc1Cl. The molecule has 0 saturated carbocycles. The van der Waals surface area contributed by atoms with Crippen molar-refractivity contribution in [1.29, 1.82) is 0 Å². The van der Waals surface area contributed by atoms with Crippen LogP contribution in [0, 0.1) is 0 Å². The van der Waals surface area contributed by atoms with Crippen molar-refractivity contribution in [3.8, 4) is 11.5 Å². The molecule has 4 rings (SSSR count). The fourth-order valence-electron chi connectivity index (χ4n) is 4.10. The van der Waals surface area contributed by atoms with Gasteiger partial charge in [0.25, 0.3) is 0 Å². The second-order valence-corrected chi connectivity index (χ2v) is 7.98. The predicted molar refractivity (Wildman–Crippen MR) is 111 cm³/mol.